The second-order valence-corrected chi connectivity index (χ2v) is 7.25. The van der Waals surface area contributed by atoms with Crippen molar-refractivity contribution in [1.29, 1.82) is 0 Å². The van der Waals surface area contributed by atoms with Gasteiger partial charge in [0.2, 0.25) is 5.91 Å². The molecule has 0 saturated carbocycles. The molecular formula is C16H15N5O3S. The highest BCUT2D eigenvalue weighted by Gasteiger charge is 2.16. The van der Waals surface area contributed by atoms with E-state index in [1.54, 1.807) is 42.7 Å². The predicted molar refractivity (Wildman–Crippen MR) is 90.9 cm³/mol. The predicted octanol–water partition coefficient (Wildman–Crippen LogP) is 1.46. The van der Waals surface area contributed by atoms with Crippen molar-refractivity contribution in [2.75, 3.05) is 11.1 Å². The van der Waals surface area contributed by atoms with Crippen LogP contribution >= 0.6 is 0 Å². The number of benzene rings is 1. The molecule has 0 fully saturated rings. The van der Waals surface area contributed by atoms with E-state index in [1.165, 1.54) is 23.1 Å². The summed E-state index contributed by atoms with van der Waals surface area (Å²) in [5, 5.41) is 6.62. The molecule has 9 heteroatoms. The van der Waals surface area contributed by atoms with Crippen LogP contribution in [0, 0.1) is 0 Å². The highest BCUT2D eigenvalue weighted by molar-refractivity contribution is 7.91. The van der Waals surface area contributed by atoms with Crippen LogP contribution in [0.3, 0.4) is 0 Å². The monoisotopic (exact) mass is 357 g/mol. The summed E-state index contributed by atoms with van der Waals surface area (Å²) < 4.78 is 25.9. The lowest BCUT2D eigenvalue weighted by Gasteiger charge is -2.07. The number of sulfone groups is 1. The number of hydrogen-bond donors (Lipinski definition) is 1. The van der Waals surface area contributed by atoms with Gasteiger partial charge in [0.1, 0.15) is 12.1 Å². The number of aromatic nitrogens is 4. The number of nitrogens with one attached hydrogen (secondary N) is 1. The van der Waals surface area contributed by atoms with Crippen LogP contribution in [0.4, 0.5) is 5.82 Å². The van der Waals surface area contributed by atoms with Gasteiger partial charge in [0.25, 0.3) is 0 Å². The van der Waals surface area contributed by atoms with Crippen molar-refractivity contribution in [1.82, 2.24) is 19.7 Å². The Bertz CT molecular complexity index is 956. The molecule has 25 heavy (non-hydrogen) atoms. The molecule has 128 valence electrons. The van der Waals surface area contributed by atoms with Gasteiger partial charge in [-0.1, -0.05) is 18.2 Å². The summed E-state index contributed by atoms with van der Waals surface area (Å²) in [7, 11) is -3.50. The van der Waals surface area contributed by atoms with Crippen LogP contribution < -0.4 is 5.32 Å². The third-order valence-corrected chi connectivity index (χ3v) is 5.09. The third-order valence-electron chi connectivity index (χ3n) is 3.36. The second-order valence-electron chi connectivity index (χ2n) is 5.14. The summed E-state index contributed by atoms with van der Waals surface area (Å²) in [6.45, 7) is 0. The number of amides is 1. The Labute approximate surface area is 144 Å². The lowest BCUT2D eigenvalue weighted by atomic mass is 10.4. The Morgan fingerprint density at radius 3 is 2.64 bits per heavy atom. The lowest BCUT2D eigenvalue weighted by molar-refractivity contribution is -0.115. The average molecular weight is 357 g/mol. The van der Waals surface area contributed by atoms with E-state index in [-0.39, 0.29) is 22.9 Å². The zero-order chi connectivity index (χ0) is 17.7. The van der Waals surface area contributed by atoms with E-state index >= 15 is 0 Å². The number of anilines is 1. The SMILES string of the molecule is O=C(CCS(=O)(=O)c1ccccc1)Nc1cc(-n2cccn2)ncn1. The van der Waals surface area contributed by atoms with Gasteiger partial charge in [-0.2, -0.15) is 5.10 Å². The smallest absolute Gasteiger partial charge is 0.226 e. The highest BCUT2D eigenvalue weighted by Crippen LogP contribution is 2.12. The maximum atomic E-state index is 12.2. The van der Waals surface area contributed by atoms with E-state index in [0.29, 0.717) is 5.82 Å². The van der Waals surface area contributed by atoms with Gasteiger partial charge >= 0.3 is 0 Å². The molecule has 0 aliphatic rings. The molecule has 2 aromatic heterocycles. The molecule has 0 saturated heterocycles. The van der Waals surface area contributed by atoms with Gasteiger partial charge in [-0.3, -0.25) is 4.79 Å². The number of carbonyl (C=O) groups excluding carboxylic acids is 1. The third kappa shape index (κ3) is 4.27. The summed E-state index contributed by atoms with van der Waals surface area (Å²) in [5.74, 6) is 0.0550. The van der Waals surface area contributed by atoms with E-state index in [0.717, 1.165) is 0 Å². The van der Waals surface area contributed by atoms with Gasteiger partial charge in [0, 0.05) is 24.9 Å². The molecule has 2 heterocycles. The maximum absolute atomic E-state index is 12.2. The highest BCUT2D eigenvalue weighted by atomic mass is 32.2. The minimum absolute atomic E-state index is 0.168. The zero-order valence-electron chi connectivity index (χ0n) is 13.1. The van der Waals surface area contributed by atoms with Gasteiger partial charge in [-0.05, 0) is 18.2 Å². The van der Waals surface area contributed by atoms with Crippen molar-refractivity contribution in [2.24, 2.45) is 0 Å². The van der Waals surface area contributed by atoms with E-state index < -0.39 is 15.7 Å². The molecule has 1 aromatic carbocycles. The largest absolute Gasteiger partial charge is 0.311 e. The number of hydrogen-bond acceptors (Lipinski definition) is 6. The molecule has 3 aromatic rings. The lowest BCUT2D eigenvalue weighted by Crippen LogP contribution is -2.18. The van der Waals surface area contributed by atoms with Gasteiger partial charge in [-0.15, -0.1) is 0 Å². The maximum Gasteiger partial charge on any atom is 0.226 e. The van der Waals surface area contributed by atoms with Gasteiger partial charge in [0.15, 0.2) is 15.7 Å². The molecule has 0 radical (unpaired) electrons. The molecule has 0 bridgehead atoms. The normalized spacial score (nSPS) is 11.2. The number of nitrogens with zero attached hydrogens (tertiary/aromatic N) is 4. The molecule has 1 amide bonds. The van der Waals surface area contributed by atoms with Crippen molar-refractivity contribution in [3.05, 3.63) is 61.2 Å². The molecular weight excluding hydrogens is 342 g/mol. The molecule has 0 spiro atoms. The zero-order valence-corrected chi connectivity index (χ0v) is 13.9. The van der Waals surface area contributed by atoms with Crippen LogP contribution in [0.2, 0.25) is 0 Å². The number of rotatable bonds is 6. The Morgan fingerprint density at radius 2 is 1.92 bits per heavy atom. The topological polar surface area (TPSA) is 107 Å². The van der Waals surface area contributed by atoms with Crippen LogP contribution in [-0.4, -0.2) is 39.8 Å². The fraction of sp³-hybridized carbons (Fsp3) is 0.125. The molecule has 0 aliphatic carbocycles. The summed E-state index contributed by atoms with van der Waals surface area (Å²) in [6.07, 6.45) is 4.45. The van der Waals surface area contributed by atoms with Crippen molar-refractivity contribution in [3.8, 4) is 5.82 Å². The number of carbonyl (C=O) groups is 1. The fourth-order valence-electron chi connectivity index (χ4n) is 2.12. The van der Waals surface area contributed by atoms with Gasteiger partial charge in [-0.25, -0.2) is 23.1 Å². The van der Waals surface area contributed by atoms with Crippen molar-refractivity contribution in [3.63, 3.8) is 0 Å². The minimum Gasteiger partial charge on any atom is -0.311 e. The van der Waals surface area contributed by atoms with Crippen LogP contribution in [0.15, 0.2) is 66.1 Å². The van der Waals surface area contributed by atoms with Gasteiger partial charge < -0.3 is 5.32 Å². The molecule has 0 aliphatic heterocycles. The Morgan fingerprint density at radius 1 is 1.12 bits per heavy atom. The van der Waals surface area contributed by atoms with E-state index in [9.17, 15) is 13.2 Å². The van der Waals surface area contributed by atoms with Crippen LogP contribution in [0.1, 0.15) is 6.42 Å². The first-order chi connectivity index (χ1) is 12.0. The Kier molecular flexibility index (Phi) is 4.85. The first-order valence-corrected chi connectivity index (χ1v) is 9.09. The summed E-state index contributed by atoms with van der Waals surface area (Å²) >= 11 is 0. The van der Waals surface area contributed by atoms with Crippen molar-refractivity contribution >= 4 is 21.6 Å². The quantitative estimate of drug-likeness (QED) is 0.716. The van der Waals surface area contributed by atoms with Crippen LogP contribution in [-0.2, 0) is 14.6 Å². The van der Waals surface area contributed by atoms with E-state index in [4.69, 9.17) is 0 Å². The van der Waals surface area contributed by atoms with E-state index in [1.807, 2.05) is 0 Å². The molecule has 0 atom stereocenters. The standard InChI is InChI=1S/C16H15N5O3S/c22-16(7-10-25(23,24)13-5-2-1-3-6-13)20-14-11-15(18-12-17-14)21-9-4-8-19-21/h1-6,8-9,11-12H,7,10H2,(H,17,18,20,22). The minimum atomic E-state index is -3.50. The summed E-state index contributed by atoms with van der Waals surface area (Å²) in [6, 6.07) is 11.3. The average Bonchev–Trinajstić information content (AvgIpc) is 3.16. The Balaban J connectivity index is 1.63. The van der Waals surface area contributed by atoms with Crippen molar-refractivity contribution in [2.45, 2.75) is 11.3 Å². The Hall–Kier alpha value is -3.07. The first-order valence-electron chi connectivity index (χ1n) is 7.44. The summed E-state index contributed by atoms with van der Waals surface area (Å²) in [4.78, 5) is 20.2. The second kappa shape index (κ2) is 7.22. The van der Waals surface area contributed by atoms with Crippen molar-refractivity contribution < 1.29 is 13.2 Å². The first kappa shape index (κ1) is 16.8. The molecule has 3 rings (SSSR count). The van der Waals surface area contributed by atoms with E-state index in [2.05, 4.69) is 20.4 Å². The van der Waals surface area contributed by atoms with Gasteiger partial charge in [0.05, 0.1) is 10.6 Å². The van der Waals surface area contributed by atoms with Crippen LogP contribution in [0.25, 0.3) is 5.82 Å². The molecule has 0 unspecified atom stereocenters. The summed E-state index contributed by atoms with van der Waals surface area (Å²) in [5.41, 5.74) is 0. The molecule has 8 nitrogen and oxygen atoms in total. The molecule has 1 N–H and O–H groups in total. The van der Waals surface area contributed by atoms with Crippen LogP contribution in [0.5, 0.6) is 0 Å². The fourth-order valence-corrected chi connectivity index (χ4v) is 3.38.